The fourth-order valence-electron chi connectivity index (χ4n) is 11.2. The molecular formula is C51H40N2. The smallest absolute Gasteiger partial charge is 0.0626 e. The molecule has 53 heavy (non-hydrogen) atoms. The zero-order chi connectivity index (χ0) is 35.0. The number of anilines is 1. The Bertz CT molecular complexity index is 2980. The standard InChI is InChI=1S/C51H40N2/c1-51(2)43-20-10-7-16-36(43)37-27-24-33(30-44(37)51)52-45-21-11-8-17-38(45)42-29-32(25-28-47(42)52)53-46-22-12-9-19-41(46)49-48-34-14-4-3-13-31(34)23-26-39(48)35-15-5-6-18-40(35)50(49)53/h3-23,25-26,28-29,33,38,45H,24,27,30H2,1-2H3. The molecule has 0 fully saturated rings. The number of para-hydroxylation sites is 1. The van der Waals surface area contributed by atoms with E-state index in [2.05, 4.69) is 175 Å². The maximum Gasteiger partial charge on any atom is 0.0626 e. The van der Waals surface area contributed by atoms with Crippen molar-refractivity contribution in [2.75, 3.05) is 4.90 Å². The second-order valence-corrected chi connectivity index (χ2v) is 16.3. The SMILES string of the molecule is CC1(C)C2=C(CCC(N3c4ccc(-n5c6ccccc6c6c7c8ccccc8ccc7c7ccccc7c65)cc4C4C=CC=CC43)C2)c2ccccc21. The third kappa shape index (κ3) is 3.88. The van der Waals surface area contributed by atoms with Crippen molar-refractivity contribution < 1.29 is 0 Å². The molecule has 4 aliphatic rings. The Balaban J connectivity index is 1.07. The molecule has 3 atom stereocenters. The topological polar surface area (TPSA) is 8.17 Å². The third-order valence-corrected chi connectivity index (χ3v) is 13.5. The second-order valence-electron chi connectivity index (χ2n) is 16.3. The van der Waals surface area contributed by atoms with Crippen LogP contribution in [0.4, 0.5) is 5.69 Å². The van der Waals surface area contributed by atoms with Crippen LogP contribution in [-0.4, -0.2) is 16.7 Å². The Morgan fingerprint density at radius 1 is 0.642 bits per heavy atom. The number of rotatable bonds is 2. The molecule has 1 aliphatic heterocycles. The molecule has 0 N–H and O–H groups in total. The minimum absolute atomic E-state index is 0.0769. The lowest BCUT2D eigenvalue weighted by atomic mass is 9.76. The van der Waals surface area contributed by atoms with Gasteiger partial charge in [-0.25, -0.2) is 0 Å². The maximum absolute atomic E-state index is 2.81. The molecule has 0 amide bonds. The summed E-state index contributed by atoms with van der Waals surface area (Å²) in [5.41, 5.74) is 13.0. The van der Waals surface area contributed by atoms with Crippen LogP contribution in [0.2, 0.25) is 0 Å². The molecular weight excluding hydrogens is 641 g/mol. The van der Waals surface area contributed by atoms with Crippen molar-refractivity contribution >= 4 is 65.4 Å². The molecule has 0 bridgehead atoms. The van der Waals surface area contributed by atoms with Gasteiger partial charge in [0.05, 0.1) is 17.1 Å². The van der Waals surface area contributed by atoms with Gasteiger partial charge in [-0.2, -0.15) is 0 Å². The van der Waals surface area contributed by atoms with Crippen molar-refractivity contribution in [3.8, 4) is 5.69 Å². The van der Waals surface area contributed by atoms with Crippen LogP contribution in [0, 0.1) is 0 Å². The fraction of sp³-hybridized carbons (Fsp3) is 0.176. The summed E-state index contributed by atoms with van der Waals surface area (Å²) in [7, 11) is 0. The molecule has 254 valence electrons. The highest BCUT2D eigenvalue weighted by Crippen LogP contribution is 2.55. The van der Waals surface area contributed by atoms with Crippen LogP contribution in [0.5, 0.6) is 0 Å². The molecule has 12 rings (SSSR count). The number of allylic oxidation sites excluding steroid dienone is 3. The van der Waals surface area contributed by atoms with Gasteiger partial charge in [0.1, 0.15) is 0 Å². The van der Waals surface area contributed by atoms with E-state index < -0.39 is 0 Å². The minimum Gasteiger partial charge on any atom is -0.361 e. The Hall–Kier alpha value is -5.86. The van der Waals surface area contributed by atoms with Crippen molar-refractivity contribution in [2.45, 2.75) is 56.5 Å². The van der Waals surface area contributed by atoms with Crippen LogP contribution in [0.3, 0.4) is 0 Å². The number of benzene rings is 7. The highest BCUT2D eigenvalue weighted by Gasteiger charge is 2.45. The van der Waals surface area contributed by atoms with Crippen LogP contribution in [0.1, 0.15) is 55.7 Å². The molecule has 2 heteroatoms. The van der Waals surface area contributed by atoms with Gasteiger partial charge in [0, 0.05) is 50.3 Å². The minimum atomic E-state index is 0.0769. The number of aromatic nitrogens is 1. The van der Waals surface area contributed by atoms with E-state index in [0.29, 0.717) is 18.0 Å². The first-order valence-electron chi connectivity index (χ1n) is 19.4. The first-order valence-corrected chi connectivity index (χ1v) is 19.4. The number of fused-ring (bicyclic) bond motifs is 15. The summed E-state index contributed by atoms with van der Waals surface area (Å²) in [4.78, 5) is 2.81. The Morgan fingerprint density at radius 2 is 1.40 bits per heavy atom. The van der Waals surface area contributed by atoms with E-state index in [1.165, 1.54) is 88.6 Å². The summed E-state index contributed by atoms with van der Waals surface area (Å²) in [6.45, 7) is 4.91. The number of hydrogen-bond donors (Lipinski definition) is 0. The lowest BCUT2D eigenvalue weighted by Crippen LogP contribution is -2.43. The average molecular weight is 681 g/mol. The predicted molar refractivity (Wildman–Crippen MR) is 225 cm³/mol. The van der Waals surface area contributed by atoms with E-state index in [-0.39, 0.29) is 5.41 Å². The van der Waals surface area contributed by atoms with Crippen molar-refractivity contribution in [1.29, 1.82) is 0 Å². The Labute approximate surface area is 310 Å². The van der Waals surface area contributed by atoms with Gasteiger partial charge < -0.3 is 9.47 Å². The van der Waals surface area contributed by atoms with E-state index in [9.17, 15) is 0 Å². The van der Waals surface area contributed by atoms with Crippen LogP contribution in [-0.2, 0) is 5.41 Å². The van der Waals surface area contributed by atoms with E-state index >= 15 is 0 Å². The Morgan fingerprint density at radius 3 is 2.30 bits per heavy atom. The summed E-state index contributed by atoms with van der Waals surface area (Å²) >= 11 is 0. The number of nitrogens with zero attached hydrogens (tertiary/aromatic N) is 2. The average Bonchev–Trinajstić information content (AvgIpc) is 3.81. The highest BCUT2D eigenvalue weighted by atomic mass is 15.2. The summed E-state index contributed by atoms with van der Waals surface area (Å²) in [6.07, 6.45) is 12.9. The van der Waals surface area contributed by atoms with E-state index in [1.807, 2.05) is 0 Å². The molecule has 2 heterocycles. The van der Waals surface area contributed by atoms with E-state index in [4.69, 9.17) is 0 Å². The Kier molecular flexibility index (Phi) is 5.94. The molecule has 0 spiro atoms. The van der Waals surface area contributed by atoms with Gasteiger partial charge in [0.2, 0.25) is 0 Å². The maximum atomic E-state index is 2.81. The third-order valence-electron chi connectivity index (χ3n) is 13.5. The fourth-order valence-corrected chi connectivity index (χ4v) is 11.2. The van der Waals surface area contributed by atoms with Gasteiger partial charge in [-0.3, -0.25) is 0 Å². The molecule has 7 aromatic carbocycles. The van der Waals surface area contributed by atoms with Crippen LogP contribution in [0.15, 0.2) is 157 Å². The van der Waals surface area contributed by atoms with Crippen LogP contribution < -0.4 is 4.90 Å². The van der Waals surface area contributed by atoms with Gasteiger partial charge in [-0.15, -0.1) is 0 Å². The number of hydrogen-bond acceptors (Lipinski definition) is 1. The second kappa shape index (κ2) is 10.6. The molecule has 1 aromatic heterocycles. The zero-order valence-electron chi connectivity index (χ0n) is 30.2. The van der Waals surface area contributed by atoms with Gasteiger partial charge >= 0.3 is 0 Å². The van der Waals surface area contributed by atoms with E-state index in [0.717, 1.165) is 12.8 Å². The first-order chi connectivity index (χ1) is 26.1. The predicted octanol–water partition coefficient (Wildman–Crippen LogP) is 12.9. The van der Waals surface area contributed by atoms with Crippen LogP contribution in [0.25, 0.3) is 65.4 Å². The normalized spacial score (nSPS) is 21.2. The monoisotopic (exact) mass is 680 g/mol. The quantitative estimate of drug-likeness (QED) is 0.165. The van der Waals surface area contributed by atoms with Crippen molar-refractivity contribution in [3.05, 3.63) is 174 Å². The van der Waals surface area contributed by atoms with Gasteiger partial charge in [-0.05, 0) is 87.3 Å². The summed E-state index contributed by atoms with van der Waals surface area (Å²) in [5, 5.41) is 10.5. The lowest BCUT2D eigenvalue weighted by molar-refractivity contribution is 0.475. The summed E-state index contributed by atoms with van der Waals surface area (Å²) in [6, 6.07) is 49.0. The van der Waals surface area contributed by atoms with E-state index in [1.54, 1.807) is 11.1 Å². The van der Waals surface area contributed by atoms with Crippen molar-refractivity contribution in [2.24, 2.45) is 0 Å². The molecule has 3 unspecified atom stereocenters. The molecule has 0 saturated carbocycles. The molecule has 0 saturated heterocycles. The lowest BCUT2D eigenvalue weighted by Gasteiger charge is -2.40. The summed E-state index contributed by atoms with van der Waals surface area (Å²) < 4.78 is 2.57. The molecule has 3 aliphatic carbocycles. The van der Waals surface area contributed by atoms with Crippen LogP contribution >= 0.6 is 0 Å². The largest absolute Gasteiger partial charge is 0.361 e. The van der Waals surface area contributed by atoms with Crippen molar-refractivity contribution in [3.63, 3.8) is 0 Å². The summed E-state index contributed by atoms with van der Waals surface area (Å²) in [5.74, 6) is 0.328. The zero-order valence-corrected chi connectivity index (χ0v) is 30.2. The molecule has 8 aromatic rings. The van der Waals surface area contributed by atoms with Crippen molar-refractivity contribution in [1.82, 2.24) is 4.57 Å². The molecule has 2 nitrogen and oxygen atoms in total. The first kappa shape index (κ1) is 29.7. The molecule has 0 radical (unpaired) electrons. The van der Waals surface area contributed by atoms with Gasteiger partial charge in [-0.1, -0.05) is 147 Å². The van der Waals surface area contributed by atoms with Gasteiger partial charge in [0.15, 0.2) is 0 Å². The highest BCUT2D eigenvalue weighted by molar-refractivity contribution is 6.36. The van der Waals surface area contributed by atoms with Gasteiger partial charge in [0.25, 0.3) is 0 Å².